The molecule has 0 saturated heterocycles. The van der Waals surface area contributed by atoms with Crippen molar-refractivity contribution in [3.8, 4) is 5.75 Å². The van der Waals surface area contributed by atoms with E-state index in [4.69, 9.17) is 4.74 Å². The number of halogens is 2. The van der Waals surface area contributed by atoms with Gasteiger partial charge in [0.2, 0.25) is 0 Å². The predicted octanol–water partition coefficient (Wildman–Crippen LogP) is 3.83. The quantitative estimate of drug-likeness (QED) is 0.806. The number of rotatable bonds is 3. The van der Waals surface area contributed by atoms with Crippen molar-refractivity contribution in [1.29, 1.82) is 0 Å². The first kappa shape index (κ1) is 12.8. The second-order valence-corrected chi connectivity index (χ2v) is 4.54. The molecule has 92 valence electrons. The molecule has 2 rings (SSSR count). The molecule has 18 heavy (non-hydrogen) atoms. The van der Waals surface area contributed by atoms with Crippen LogP contribution in [0.2, 0.25) is 0 Å². The molecule has 0 aliphatic rings. The van der Waals surface area contributed by atoms with E-state index >= 15 is 0 Å². The summed E-state index contributed by atoms with van der Waals surface area (Å²) in [7, 11) is 1.56. The van der Waals surface area contributed by atoms with Crippen molar-refractivity contribution in [3.05, 3.63) is 63.9 Å². The maximum absolute atomic E-state index is 13.1. The lowest BCUT2D eigenvalue weighted by Crippen LogP contribution is -2.01. The lowest BCUT2D eigenvalue weighted by Gasteiger charge is -2.04. The molecule has 0 heterocycles. The van der Waals surface area contributed by atoms with Crippen molar-refractivity contribution in [2.45, 2.75) is 0 Å². The second-order valence-electron chi connectivity index (χ2n) is 3.69. The standard InChI is InChI=1S/C14H10BrFO2/c1-18-11-5-2-9(3-6-11)14(17)10-4-7-13(16)12(15)8-10/h2-8H,1H3. The van der Waals surface area contributed by atoms with Crippen LogP contribution in [0.15, 0.2) is 46.9 Å². The smallest absolute Gasteiger partial charge is 0.193 e. The molecule has 0 aliphatic carbocycles. The van der Waals surface area contributed by atoms with E-state index in [0.29, 0.717) is 16.9 Å². The normalized spacial score (nSPS) is 10.2. The Morgan fingerprint density at radius 1 is 1.11 bits per heavy atom. The van der Waals surface area contributed by atoms with Gasteiger partial charge in [0.15, 0.2) is 5.78 Å². The third-order valence-electron chi connectivity index (χ3n) is 2.53. The van der Waals surface area contributed by atoms with Gasteiger partial charge in [-0.3, -0.25) is 4.79 Å². The van der Waals surface area contributed by atoms with E-state index in [1.54, 1.807) is 31.4 Å². The fourth-order valence-corrected chi connectivity index (χ4v) is 1.93. The number of hydrogen-bond donors (Lipinski definition) is 0. The second kappa shape index (κ2) is 5.31. The van der Waals surface area contributed by atoms with Gasteiger partial charge in [-0.2, -0.15) is 0 Å². The van der Waals surface area contributed by atoms with Crippen molar-refractivity contribution >= 4 is 21.7 Å². The van der Waals surface area contributed by atoms with Crippen LogP contribution in [0.25, 0.3) is 0 Å². The molecule has 2 nitrogen and oxygen atoms in total. The Morgan fingerprint density at radius 2 is 1.72 bits per heavy atom. The minimum atomic E-state index is -0.388. The topological polar surface area (TPSA) is 26.3 Å². The molecule has 0 amide bonds. The van der Waals surface area contributed by atoms with Crippen LogP contribution in [0.1, 0.15) is 15.9 Å². The largest absolute Gasteiger partial charge is 0.497 e. The Morgan fingerprint density at radius 3 is 2.28 bits per heavy atom. The fraction of sp³-hybridized carbons (Fsp3) is 0.0714. The lowest BCUT2D eigenvalue weighted by molar-refractivity contribution is 0.103. The first-order valence-electron chi connectivity index (χ1n) is 5.25. The summed E-state index contributed by atoms with van der Waals surface area (Å²) in [5, 5.41) is 0. The molecule has 2 aromatic rings. The van der Waals surface area contributed by atoms with Crippen LogP contribution < -0.4 is 4.74 Å². The van der Waals surface area contributed by atoms with Gasteiger partial charge in [0.25, 0.3) is 0 Å². The Labute approximate surface area is 113 Å². The number of carbonyl (C=O) groups excluding carboxylic acids is 1. The summed E-state index contributed by atoms with van der Waals surface area (Å²) in [6.07, 6.45) is 0. The first-order chi connectivity index (χ1) is 8.61. The van der Waals surface area contributed by atoms with E-state index in [2.05, 4.69) is 15.9 Å². The highest BCUT2D eigenvalue weighted by molar-refractivity contribution is 9.10. The van der Waals surface area contributed by atoms with Gasteiger partial charge in [-0.05, 0) is 58.4 Å². The fourth-order valence-electron chi connectivity index (χ4n) is 1.55. The molecule has 0 aliphatic heterocycles. The molecular formula is C14H10BrFO2. The van der Waals surface area contributed by atoms with Crippen LogP contribution in [-0.2, 0) is 0 Å². The molecule has 0 aromatic heterocycles. The molecule has 0 spiro atoms. The van der Waals surface area contributed by atoms with Gasteiger partial charge in [-0.15, -0.1) is 0 Å². The molecule has 0 saturated carbocycles. The zero-order valence-electron chi connectivity index (χ0n) is 9.61. The molecule has 0 radical (unpaired) electrons. The summed E-state index contributed by atoms with van der Waals surface area (Å²) >= 11 is 3.06. The van der Waals surface area contributed by atoms with Crippen molar-refractivity contribution in [2.75, 3.05) is 7.11 Å². The Balaban J connectivity index is 2.32. The summed E-state index contributed by atoms with van der Waals surface area (Å²) in [4.78, 5) is 12.1. The highest BCUT2D eigenvalue weighted by Gasteiger charge is 2.11. The average Bonchev–Trinajstić information content (AvgIpc) is 2.41. The van der Waals surface area contributed by atoms with E-state index < -0.39 is 0 Å². The van der Waals surface area contributed by atoms with Crippen molar-refractivity contribution in [3.63, 3.8) is 0 Å². The maximum atomic E-state index is 13.1. The number of ketones is 1. The zero-order valence-corrected chi connectivity index (χ0v) is 11.2. The predicted molar refractivity (Wildman–Crippen MR) is 70.5 cm³/mol. The zero-order chi connectivity index (χ0) is 13.1. The summed E-state index contributed by atoms with van der Waals surface area (Å²) in [6, 6.07) is 11.0. The summed E-state index contributed by atoms with van der Waals surface area (Å²) < 4.78 is 18.4. The molecular weight excluding hydrogens is 299 g/mol. The maximum Gasteiger partial charge on any atom is 0.193 e. The molecule has 0 fully saturated rings. The molecule has 0 bridgehead atoms. The minimum absolute atomic E-state index is 0.154. The van der Waals surface area contributed by atoms with E-state index in [-0.39, 0.29) is 16.1 Å². The van der Waals surface area contributed by atoms with Crippen LogP contribution in [0.3, 0.4) is 0 Å². The number of benzene rings is 2. The van der Waals surface area contributed by atoms with Crippen LogP contribution >= 0.6 is 15.9 Å². The van der Waals surface area contributed by atoms with Crippen LogP contribution in [0, 0.1) is 5.82 Å². The van der Waals surface area contributed by atoms with Crippen LogP contribution in [-0.4, -0.2) is 12.9 Å². The first-order valence-corrected chi connectivity index (χ1v) is 6.05. The van der Waals surface area contributed by atoms with Gasteiger partial charge < -0.3 is 4.74 Å². The van der Waals surface area contributed by atoms with Gasteiger partial charge in [0, 0.05) is 11.1 Å². The Hall–Kier alpha value is -1.68. The van der Waals surface area contributed by atoms with E-state index in [0.717, 1.165) is 0 Å². The average molecular weight is 309 g/mol. The van der Waals surface area contributed by atoms with E-state index in [1.807, 2.05) is 0 Å². The van der Waals surface area contributed by atoms with Crippen molar-refractivity contribution in [1.82, 2.24) is 0 Å². The molecule has 0 unspecified atom stereocenters. The monoisotopic (exact) mass is 308 g/mol. The van der Waals surface area contributed by atoms with Gasteiger partial charge in [0.1, 0.15) is 11.6 Å². The Kier molecular flexibility index (Phi) is 3.77. The highest BCUT2D eigenvalue weighted by Crippen LogP contribution is 2.20. The highest BCUT2D eigenvalue weighted by atomic mass is 79.9. The molecule has 0 atom stereocenters. The van der Waals surface area contributed by atoms with E-state index in [1.165, 1.54) is 18.2 Å². The number of carbonyl (C=O) groups is 1. The minimum Gasteiger partial charge on any atom is -0.497 e. The van der Waals surface area contributed by atoms with Gasteiger partial charge >= 0.3 is 0 Å². The van der Waals surface area contributed by atoms with E-state index in [9.17, 15) is 9.18 Å². The van der Waals surface area contributed by atoms with Crippen molar-refractivity contribution < 1.29 is 13.9 Å². The number of hydrogen-bond acceptors (Lipinski definition) is 2. The third-order valence-corrected chi connectivity index (χ3v) is 3.14. The summed E-state index contributed by atoms with van der Waals surface area (Å²) in [6.45, 7) is 0. The van der Waals surface area contributed by atoms with Crippen LogP contribution in [0.5, 0.6) is 5.75 Å². The van der Waals surface area contributed by atoms with Gasteiger partial charge in [-0.25, -0.2) is 4.39 Å². The lowest BCUT2D eigenvalue weighted by atomic mass is 10.0. The third kappa shape index (κ3) is 2.59. The molecule has 4 heteroatoms. The van der Waals surface area contributed by atoms with Gasteiger partial charge in [0.05, 0.1) is 11.6 Å². The number of methoxy groups -OCH3 is 1. The summed E-state index contributed by atoms with van der Waals surface area (Å²) in [5.41, 5.74) is 0.975. The Bertz CT molecular complexity index is 579. The molecule has 0 N–H and O–H groups in total. The van der Waals surface area contributed by atoms with Gasteiger partial charge in [-0.1, -0.05) is 0 Å². The van der Waals surface area contributed by atoms with Crippen molar-refractivity contribution in [2.24, 2.45) is 0 Å². The SMILES string of the molecule is COc1ccc(C(=O)c2ccc(F)c(Br)c2)cc1. The van der Waals surface area contributed by atoms with Crippen LogP contribution in [0.4, 0.5) is 4.39 Å². The number of ether oxygens (including phenoxy) is 1. The summed E-state index contributed by atoms with van der Waals surface area (Å²) in [5.74, 6) is 0.145. The molecule has 2 aromatic carbocycles.